The zero-order valence-corrected chi connectivity index (χ0v) is 13.0. The van der Waals surface area contributed by atoms with Crippen LogP contribution in [0.2, 0.25) is 0 Å². The van der Waals surface area contributed by atoms with Crippen LogP contribution in [-0.4, -0.2) is 13.1 Å². The fourth-order valence-corrected chi connectivity index (χ4v) is 2.50. The molecule has 2 rings (SSSR count). The van der Waals surface area contributed by atoms with E-state index in [0.717, 1.165) is 6.42 Å². The summed E-state index contributed by atoms with van der Waals surface area (Å²) in [5.41, 5.74) is 5.28. The van der Waals surface area contributed by atoms with Crippen molar-refractivity contribution in [1.29, 1.82) is 0 Å². The monoisotopic (exact) mass is 267 g/mol. The quantitative estimate of drug-likeness (QED) is 0.844. The predicted molar refractivity (Wildman–Crippen MR) is 88.0 cm³/mol. The van der Waals surface area contributed by atoms with Gasteiger partial charge in [0.25, 0.3) is 0 Å². The molecule has 2 aromatic rings. The van der Waals surface area contributed by atoms with Crippen LogP contribution >= 0.6 is 0 Å². The lowest BCUT2D eigenvalue weighted by Gasteiger charge is -2.20. The molecule has 0 radical (unpaired) electrons. The molecule has 0 aliphatic heterocycles. The highest BCUT2D eigenvalue weighted by Crippen LogP contribution is 2.21. The minimum atomic E-state index is 0.542. The number of hydrogen-bond acceptors (Lipinski definition) is 1. The minimum absolute atomic E-state index is 0.542. The van der Waals surface area contributed by atoms with Gasteiger partial charge in [-0.15, -0.1) is 0 Å². The summed E-state index contributed by atoms with van der Waals surface area (Å²) >= 11 is 0. The van der Waals surface area contributed by atoms with Crippen LogP contribution in [0, 0.1) is 12.8 Å². The van der Waals surface area contributed by atoms with Gasteiger partial charge in [-0.3, -0.25) is 0 Å². The second kappa shape index (κ2) is 6.71. The van der Waals surface area contributed by atoms with E-state index in [1.807, 2.05) is 7.05 Å². The number of rotatable bonds is 5. The lowest BCUT2D eigenvalue weighted by molar-refractivity contribution is 0.424. The smallest absolute Gasteiger partial charge is 0.0127 e. The van der Waals surface area contributed by atoms with E-state index in [-0.39, 0.29) is 0 Å². The summed E-state index contributed by atoms with van der Waals surface area (Å²) in [6.07, 6.45) is 1.09. The first-order valence-electron chi connectivity index (χ1n) is 7.43. The van der Waals surface area contributed by atoms with Crippen molar-refractivity contribution >= 4 is 0 Å². The van der Waals surface area contributed by atoms with Crippen molar-refractivity contribution in [3.63, 3.8) is 0 Å². The molecular formula is C19H25N. The molecule has 106 valence electrons. The van der Waals surface area contributed by atoms with Crippen LogP contribution in [0.4, 0.5) is 0 Å². The number of nitrogens with one attached hydrogen (secondary N) is 1. The Kier molecular flexibility index (Phi) is 4.97. The van der Waals surface area contributed by atoms with E-state index in [1.54, 1.807) is 0 Å². The van der Waals surface area contributed by atoms with Crippen molar-refractivity contribution in [2.24, 2.45) is 5.92 Å². The molecule has 2 aromatic carbocycles. The van der Waals surface area contributed by atoms with Crippen molar-refractivity contribution in [1.82, 2.24) is 5.32 Å². The Hall–Kier alpha value is -1.60. The van der Waals surface area contributed by atoms with Gasteiger partial charge in [-0.2, -0.15) is 0 Å². The Labute approximate surface area is 123 Å². The molecular weight excluding hydrogens is 242 g/mol. The Morgan fingerprint density at radius 2 is 1.35 bits per heavy atom. The van der Waals surface area contributed by atoms with Crippen molar-refractivity contribution < 1.29 is 0 Å². The fourth-order valence-electron chi connectivity index (χ4n) is 2.50. The van der Waals surface area contributed by atoms with Crippen LogP contribution in [0.3, 0.4) is 0 Å². The van der Waals surface area contributed by atoms with Gasteiger partial charge in [0.05, 0.1) is 0 Å². The molecule has 0 heterocycles. The van der Waals surface area contributed by atoms with Gasteiger partial charge in [0, 0.05) is 6.04 Å². The molecule has 0 amide bonds. The van der Waals surface area contributed by atoms with Crippen LogP contribution in [0.25, 0.3) is 11.1 Å². The van der Waals surface area contributed by atoms with Crippen molar-refractivity contribution in [3.8, 4) is 11.1 Å². The molecule has 0 saturated heterocycles. The van der Waals surface area contributed by atoms with Crippen LogP contribution in [0.1, 0.15) is 25.0 Å². The average Bonchev–Trinajstić information content (AvgIpc) is 2.46. The normalized spacial score (nSPS) is 12.7. The van der Waals surface area contributed by atoms with Gasteiger partial charge in [-0.05, 0) is 43.0 Å². The number of aryl methyl sites for hydroxylation is 1. The summed E-state index contributed by atoms with van der Waals surface area (Å²) in [4.78, 5) is 0. The zero-order chi connectivity index (χ0) is 14.5. The Morgan fingerprint density at radius 3 is 1.80 bits per heavy atom. The first kappa shape index (κ1) is 14.8. The predicted octanol–water partition coefficient (Wildman–Crippen LogP) is 4.45. The van der Waals surface area contributed by atoms with Gasteiger partial charge >= 0.3 is 0 Å². The summed E-state index contributed by atoms with van der Waals surface area (Å²) in [5, 5.41) is 3.40. The third-order valence-corrected chi connectivity index (χ3v) is 3.97. The average molecular weight is 267 g/mol. The van der Waals surface area contributed by atoms with Crippen LogP contribution < -0.4 is 5.32 Å². The largest absolute Gasteiger partial charge is 0.316 e. The maximum Gasteiger partial charge on any atom is 0.0127 e. The molecule has 0 fully saturated rings. The molecule has 0 aliphatic rings. The highest BCUT2D eigenvalue weighted by Gasteiger charge is 2.11. The zero-order valence-electron chi connectivity index (χ0n) is 13.0. The van der Waals surface area contributed by atoms with Gasteiger partial charge < -0.3 is 5.32 Å². The number of benzene rings is 2. The van der Waals surface area contributed by atoms with E-state index in [4.69, 9.17) is 0 Å². The molecule has 0 aliphatic carbocycles. The molecule has 20 heavy (non-hydrogen) atoms. The van der Waals surface area contributed by atoms with E-state index in [9.17, 15) is 0 Å². The SMILES string of the molecule is CNC(Cc1ccc(-c2ccc(C)cc2)cc1)C(C)C. The summed E-state index contributed by atoms with van der Waals surface area (Å²) in [7, 11) is 2.05. The third-order valence-electron chi connectivity index (χ3n) is 3.97. The standard InChI is InChI=1S/C19H25N/c1-14(2)19(20-4)13-16-7-11-18(12-8-16)17-9-5-15(3)6-10-17/h5-12,14,19-20H,13H2,1-4H3. The minimum Gasteiger partial charge on any atom is -0.316 e. The molecule has 0 aromatic heterocycles. The van der Waals surface area contributed by atoms with Gasteiger partial charge in [-0.25, -0.2) is 0 Å². The lowest BCUT2D eigenvalue weighted by atomic mass is 9.95. The Bertz CT molecular complexity index is 523. The second-order valence-electron chi connectivity index (χ2n) is 5.91. The van der Waals surface area contributed by atoms with Gasteiger partial charge in [-0.1, -0.05) is 67.9 Å². The van der Waals surface area contributed by atoms with Gasteiger partial charge in [0.1, 0.15) is 0 Å². The van der Waals surface area contributed by atoms with Crippen molar-refractivity contribution in [2.75, 3.05) is 7.05 Å². The van der Waals surface area contributed by atoms with Crippen LogP contribution in [0.15, 0.2) is 48.5 Å². The van der Waals surface area contributed by atoms with E-state index < -0.39 is 0 Å². The van der Waals surface area contributed by atoms with E-state index in [2.05, 4.69) is 74.6 Å². The lowest BCUT2D eigenvalue weighted by Crippen LogP contribution is -2.32. The molecule has 1 nitrogen and oxygen atoms in total. The van der Waals surface area contributed by atoms with Crippen LogP contribution in [0.5, 0.6) is 0 Å². The fraction of sp³-hybridized carbons (Fsp3) is 0.368. The summed E-state index contributed by atoms with van der Waals surface area (Å²) in [5.74, 6) is 0.650. The topological polar surface area (TPSA) is 12.0 Å². The molecule has 1 N–H and O–H groups in total. The first-order valence-corrected chi connectivity index (χ1v) is 7.43. The second-order valence-corrected chi connectivity index (χ2v) is 5.91. The molecule has 1 unspecified atom stereocenters. The summed E-state index contributed by atoms with van der Waals surface area (Å²) in [6, 6.07) is 18.2. The molecule has 0 saturated carbocycles. The van der Waals surface area contributed by atoms with Crippen molar-refractivity contribution in [2.45, 2.75) is 33.2 Å². The molecule has 1 heteroatoms. The highest BCUT2D eigenvalue weighted by atomic mass is 14.9. The van der Waals surface area contributed by atoms with Gasteiger partial charge in [0.2, 0.25) is 0 Å². The molecule has 0 bridgehead atoms. The Morgan fingerprint density at radius 1 is 0.850 bits per heavy atom. The third kappa shape index (κ3) is 3.71. The molecule has 0 spiro atoms. The Balaban J connectivity index is 2.12. The highest BCUT2D eigenvalue weighted by molar-refractivity contribution is 5.63. The van der Waals surface area contributed by atoms with Gasteiger partial charge in [0.15, 0.2) is 0 Å². The summed E-state index contributed by atoms with van der Waals surface area (Å²) in [6.45, 7) is 6.65. The number of likely N-dealkylation sites (N-methyl/N-ethyl adjacent to an activating group) is 1. The van der Waals surface area contributed by atoms with E-state index >= 15 is 0 Å². The van der Waals surface area contributed by atoms with Crippen molar-refractivity contribution in [3.05, 3.63) is 59.7 Å². The van der Waals surface area contributed by atoms with Crippen LogP contribution in [-0.2, 0) is 6.42 Å². The number of hydrogen-bond donors (Lipinski definition) is 1. The first-order chi connectivity index (χ1) is 9.60. The summed E-state index contributed by atoms with van der Waals surface area (Å²) < 4.78 is 0. The molecule has 1 atom stereocenters. The maximum atomic E-state index is 3.40. The van der Waals surface area contributed by atoms with E-state index in [1.165, 1.54) is 22.3 Å². The maximum absolute atomic E-state index is 3.40. The van der Waals surface area contributed by atoms with E-state index in [0.29, 0.717) is 12.0 Å².